The van der Waals surface area contributed by atoms with E-state index in [4.69, 9.17) is 0 Å². The first kappa shape index (κ1) is 15.4. The normalized spacial score (nSPS) is 20.8. The predicted octanol–water partition coefficient (Wildman–Crippen LogP) is 2.67. The van der Waals surface area contributed by atoms with E-state index in [0.29, 0.717) is 0 Å². The lowest BCUT2D eigenvalue weighted by Crippen LogP contribution is -2.49. The van der Waals surface area contributed by atoms with Crippen molar-refractivity contribution in [2.75, 3.05) is 13.7 Å². The number of ether oxygens (including phenoxy) is 2. The van der Waals surface area contributed by atoms with Gasteiger partial charge in [0.25, 0.3) is 0 Å². The molecule has 0 saturated carbocycles. The third-order valence-corrected chi connectivity index (χ3v) is 2.59. The van der Waals surface area contributed by atoms with Gasteiger partial charge in [0.15, 0.2) is 18.2 Å². The van der Waals surface area contributed by atoms with Crippen molar-refractivity contribution in [3.63, 3.8) is 0 Å². The Hall–Kier alpha value is -1.63. The number of benzene rings is 1. The molecular weight excluding hydrogens is 287 g/mol. The van der Waals surface area contributed by atoms with E-state index < -0.39 is 30.5 Å². The predicted molar refractivity (Wildman–Crippen MR) is 62.4 cm³/mol. The zero-order chi connectivity index (χ0) is 13.3. The first-order chi connectivity index (χ1) is 8.44. The molecule has 0 bridgehead atoms. The van der Waals surface area contributed by atoms with Gasteiger partial charge in [-0.2, -0.15) is 0 Å². The highest BCUT2D eigenvalue weighted by atomic mass is 35.5. The Balaban J connectivity index is 0.00000180. The lowest BCUT2D eigenvalue weighted by molar-refractivity contribution is -0.104. The van der Waals surface area contributed by atoms with Crippen LogP contribution in [0.1, 0.15) is 11.6 Å². The summed E-state index contributed by atoms with van der Waals surface area (Å²) in [5.74, 6) is -4.12. The zero-order valence-corrected chi connectivity index (χ0v) is 10.6. The van der Waals surface area contributed by atoms with Crippen LogP contribution >= 0.6 is 12.4 Å². The van der Waals surface area contributed by atoms with E-state index in [0.717, 1.165) is 6.07 Å². The van der Waals surface area contributed by atoms with Gasteiger partial charge < -0.3 is 14.8 Å². The maximum atomic E-state index is 13.5. The Bertz CT molecular complexity index is 484. The molecule has 1 atom stereocenters. The van der Waals surface area contributed by atoms with Crippen molar-refractivity contribution in [1.82, 2.24) is 5.32 Å². The molecule has 1 aliphatic rings. The van der Waals surface area contributed by atoms with E-state index in [1.54, 1.807) is 0 Å². The maximum Gasteiger partial charge on any atom is 0.408 e. The largest absolute Gasteiger partial charge is 0.494 e. The van der Waals surface area contributed by atoms with Crippen LogP contribution in [0.5, 0.6) is 5.75 Å². The first-order valence-electron chi connectivity index (χ1n) is 5.08. The number of carbonyl (C=O) groups excluding carboxylic acids is 1. The molecule has 1 saturated heterocycles. The van der Waals surface area contributed by atoms with Crippen LogP contribution in [0.2, 0.25) is 0 Å². The topological polar surface area (TPSA) is 47.6 Å². The molecule has 106 valence electrons. The molecule has 4 nitrogen and oxygen atoms in total. The van der Waals surface area contributed by atoms with E-state index in [2.05, 4.69) is 9.47 Å². The van der Waals surface area contributed by atoms with Gasteiger partial charge in [0.05, 0.1) is 7.11 Å². The summed E-state index contributed by atoms with van der Waals surface area (Å²) in [5.41, 5.74) is -0.0463. The van der Waals surface area contributed by atoms with Crippen LogP contribution in [-0.4, -0.2) is 25.7 Å². The van der Waals surface area contributed by atoms with Crippen LogP contribution in [0.3, 0.4) is 0 Å². The van der Waals surface area contributed by atoms with E-state index in [1.165, 1.54) is 19.2 Å². The summed E-state index contributed by atoms with van der Waals surface area (Å²) in [7, 11) is 1.27. The molecule has 8 heteroatoms. The second-order valence-corrected chi connectivity index (χ2v) is 3.81. The molecule has 0 aliphatic carbocycles. The number of nitrogens with one attached hydrogen (secondary N) is 1. The molecule has 0 spiro atoms. The van der Waals surface area contributed by atoms with Crippen molar-refractivity contribution in [2.24, 2.45) is 0 Å². The van der Waals surface area contributed by atoms with Crippen LogP contribution in [-0.2, 0) is 4.74 Å². The van der Waals surface area contributed by atoms with Gasteiger partial charge in [-0.25, -0.2) is 18.0 Å². The SMILES string of the molecule is COc1ccc([C@H]2NC(=O)OCC2(F)F)cc1F.Cl. The van der Waals surface area contributed by atoms with Crippen LogP contribution in [0.25, 0.3) is 0 Å². The van der Waals surface area contributed by atoms with Gasteiger partial charge in [-0.1, -0.05) is 6.07 Å². The van der Waals surface area contributed by atoms with Crippen molar-refractivity contribution >= 4 is 18.5 Å². The standard InChI is InChI=1S/C11H10F3NO3.ClH/c1-17-8-3-2-6(4-7(8)12)9-11(13,14)5-18-10(16)15-9;/h2-4,9H,5H2,1H3,(H,15,16);1H/t9-;/m1./s1. The number of cyclic esters (lactones) is 1. The Morgan fingerprint density at radius 2 is 2.16 bits per heavy atom. The summed E-state index contributed by atoms with van der Waals surface area (Å²) in [5, 5.41) is 1.97. The van der Waals surface area contributed by atoms with Crippen LogP contribution < -0.4 is 10.1 Å². The number of alkyl carbamates (subject to hydrolysis) is 1. The molecular formula is C11H11ClF3NO3. The number of methoxy groups -OCH3 is 1. The zero-order valence-electron chi connectivity index (χ0n) is 9.78. The molecule has 1 amide bonds. The third kappa shape index (κ3) is 3.04. The van der Waals surface area contributed by atoms with Gasteiger partial charge in [-0.05, 0) is 17.7 Å². The Morgan fingerprint density at radius 1 is 1.47 bits per heavy atom. The van der Waals surface area contributed by atoms with Crippen LogP contribution in [0, 0.1) is 5.82 Å². The van der Waals surface area contributed by atoms with Crippen LogP contribution in [0.4, 0.5) is 18.0 Å². The van der Waals surface area contributed by atoms with Crippen molar-refractivity contribution in [3.05, 3.63) is 29.6 Å². The molecule has 0 radical (unpaired) electrons. The van der Waals surface area contributed by atoms with Gasteiger partial charge in [0.1, 0.15) is 6.04 Å². The van der Waals surface area contributed by atoms with Gasteiger partial charge in [0, 0.05) is 0 Å². The Kier molecular flexibility index (Phi) is 4.52. The van der Waals surface area contributed by atoms with E-state index >= 15 is 0 Å². The maximum absolute atomic E-state index is 13.5. The minimum atomic E-state index is -3.30. The highest BCUT2D eigenvalue weighted by Crippen LogP contribution is 2.35. The van der Waals surface area contributed by atoms with Crippen molar-refractivity contribution in [1.29, 1.82) is 0 Å². The smallest absolute Gasteiger partial charge is 0.408 e. The van der Waals surface area contributed by atoms with Gasteiger partial charge in [-0.15, -0.1) is 12.4 Å². The number of halogens is 4. The summed E-state index contributed by atoms with van der Waals surface area (Å²) in [6.07, 6.45) is -0.956. The molecule has 1 N–H and O–H groups in total. The molecule has 0 aromatic heterocycles. The van der Waals surface area contributed by atoms with Gasteiger partial charge in [0.2, 0.25) is 0 Å². The highest BCUT2D eigenvalue weighted by molar-refractivity contribution is 5.85. The van der Waals surface area contributed by atoms with E-state index in [9.17, 15) is 18.0 Å². The van der Waals surface area contributed by atoms with Crippen molar-refractivity contribution < 1.29 is 27.4 Å². The molecule has 2 rings (SSSR count). The van der Waals surface area contributed by atoms with Crippen molar-refractivity contribution in [2.45, 2.75) is 12.0 Å². The molecule has 1 aliphatic heterocycles. The number of hydrogen-bond donors (Lipinski definition) is 1. The molecule has 1 aromatic rings. The monoisotopic (exact) mass is 297 g/mol. The lowest BCUT2D eigenvalue weighted by Gasteiger charge is -2.31. The Morgan fingerprint density at radius 3 is 2.74 bits per heavy atom. The average Bonchev–Trinajstić information content (AvgIpc) is 2.32. The summed E-state index contributed by atoms with van der Waals surface area (Å²) in [6, 6.07) is 1.79. The van der Waals surface area contributed by atoms with Crippen LogP contribution in [0.15, 0.2) is 18.2 Å². The first-order valence-corrected chi connectivity index (χ1v) is 5.08. The number of alkyl halides is 2. The Labute approximate surface area is 113 Å². The minimum Gasteiger partial charge on any atom is -0.494 e. The van der Waals surface area contributed by atoms with E-state index in [1.807, 2.05) is 5.32 Å². The third-order valence-electron chi connectivity index (χ3n) is 2.59. The highest BCUT2D eigenvalue weighted by Gasteiger charge is 2.46. The van der Waals surface area contributed by atoms with E-state index in [-0.39, 0.29) is 23.7 Å². The lowest BCUT2D eigenvalue weighted by atomic mass is 10.00. The quantitative estimate of drug-likeness (QED) is 0.913. The number of amides is 1. The average molecular weight is 298 g/mol. The van der Waals surface area contributed by atoms with Gasteiger partial charge in [-0.3, -0.25) is 0 Å². The van der Waals surface area contributed by atoms with Gasteiger partial charge >= 0.3 is 12.0 Å². The molecule has 1 heterocycles. The second kappa shape index (κ2) is 5.56. The number of carbonyl (C=O) groups is 1. The minimum absolute atomic E-state index is 0. The summed E-state index contributed by atoms with van der Waals surface area (Å²) in [6.45, 7) is -1.03. The summed E-state index contributed by atoms with van der Waals surface area (Å²) in [4.78, 5) is 11.0. The number of hydrogen-bond acceptors (Lipinski definition) is 3. The molecule has 0 unspecified atom stereocenters. The fraction of sp³-hybridized carbons (Fsp3) is 0.364. The molecule has 1 fully saturated rings. The molecule has 19 heavy (non-hydrogen) atoms. The summed E-state index contributed by atoms with van der Waals surface area (Å²) < 4.78 is 49.4. The fourth-order valence-electron chi connectivity index (χ4n) is 1.70. The van der Waals surface area contributed by atoms with Crippen molar-refractivity contribution in [3.8, 4) is 5.75 Å². The summed E-state index contributed by atoms with van der Waals surface area (Å²) >= 11 is 0. The second-order valence-electron chi connectivity index (χ2n) is 3.81. The molecule has 1 aromatic carbocycles. The number of rotatable bonds is 2. The fourth-order valence-corrected chi connectivity index (χ4v) is 1.70.